The van der Waals surface area contributed by atoms with Crippen LogP contribution in [0.5, 0.6) is 5.75 Å². The Hall–Kier alpha value is -11.9. The van der Waals surface area contributed by atoms with Crippen molar-refractivity contribution in [3.05, 3.63) is 379 Å². The number of hydrogen-bond acceptors (Lipinski definition) is 10. The summed E-state index contributed by atoms with van der Waals surface area (Å²) in [6.45, 7) is 38.3. The molecule has 10 aromatic carbocycles. The Morgan fingerprint density at radius 2 is 0.867 bits per heavy atom. The lowest BCUT2D eigenvalue weighted by atomic mass is 10.1. The first-order chi connectivity index (χ1) is 53.8. The zero-order valence-corrected chi connectivity index (χ0v) is 71.2. The maximum atomic E-state index is 12.0. The molecular formula is C100H124F3N9O. The fourth-order valence-electron chi connectivity index (χ4n) is 10.5. The van der Waals surface area contributed by atoms with Gasteiger partial charge in [0.05, 0.1) is 24.3 Å². The molecule has 13 heteroatoms. The van der Waals surface area contributed by atoms with Gasteiger partial charge in [0.2, 0.25) is 0 Å². The maximum Gasteiger partial charge on any atom is 0.416 e. The predicted molar refractivity (Wildman–Crippen MR) is 479 cm³/mol. The van der Waals surface area contributed by atoms with Crippen LogP contribution in [0.1, 0.15) is 126 Å². The summed E-state index contributed by atoms with van der Waals surface area (Å²) in [6, 6.07) is 93.7. The standard InChI is InChI=1S/C10H13N.2C9H13N.C9H12.C8H7F3.C8H9N3.2C8H11N.C8H7N.C8H10O.C8H10.C7H8/c1-9-4-2-5-10(8-9)11-6-3-7-11;1-8-5-4-6-9(7-8)10(2)3;1-3-10-9-6-4-5-8(2)7-9;1-3-9-6-4-5-8(2)7-9;1-6-3-2-4-7(5-6)8(9,10)11;1-6-3-7(5-9)11-8(4-6)10-2;1-6-4-7(2)9-8(3)5-6;1-7-4-3-5-8(6-7)9-2;1-7-3-2-4-8(5-7)6-9;1-7-4-3-5-8(6-7)9-2;1-7-4-3-5-8(2)6-7;1-7-5-3-2-4-6-7/h2,4-5,8H,3,6-7H2,1H3;4-7H,1-3H3;4-7,10H,3H2,1-2H3;4-7H,3H2,1-2H3;2-5H,1H3;3-4H,1-2H3,(H,10,11);4-5H,1-3H3;3-6,9H,1-2H3;2-5H,1H3;3-6H,1-2H3;3-6H,1-2H3;2-6H,1H3. The van der Waals surface area contributed by atoms with Crippen LogP contribution in [0.25, 0.3) is 0 Å². The highest BCUT2D eigenvalue weighted by Gasteiger charge is 2.30. The third-order valence-electron chi connectivity index (χ3n) is 16.3. The van der Waals surface area contributed by atoms with Crippen LogP contribution in [0, 0.1) is 127 Å². The molecule has 0 aliphatic carbocycles. The third-order valence-corrected chi connectivity index (χ3v) is 16.3. The zero-order chi connectivity index (χ0) is 84.1. The number of anilines is 5. The van der Waals surface area contributed by atoms with E-state index in [2.05, 4.69) is 290 Å². The van der Waals surface area contributed by atoms with E-state index in [4.69, 9.17) is 15.3 Å². The van der Waals surface area contributed by atoms with Gasteiger partial charge in [-0.15, -0.1) is 0 Å². The molecule has 2 aromatic heterocycles. The molecule has 0 atom stereocenters. The van der Waals surface area contributed by atoms with Crippen LogP contribution in [0.3, 0.4) is 0 Å². The molecule has 3 N–H and O–H groups in total. The van der Waals surface area contributed by atoms with Gasteiger partial charge in [-0.25, -0.2) is 4.98 Å². The first kappa shape index (κ1) is 97.1. The molecule has 13 rings (SSSR count). The number of pyridine rings is 2. The third kappa shape index (κ3) is 45.7. The van der Waals surface area contributed by atoms with Crippen molar-refractivity contribution in [2.24, 2.45) is 0 Å². The van der Waals surface area contributed by atoms with E-state index in [1.54, 1.807) is 39.3 Å². The first-order valence-corrected chi connectivity index (χ1v) is 38.2. The largest absolute Gasteiger partial charge is 0.497 e. The Morgan fingerprint density at radius 1 is 0.416 bits per heavy atom. The highest BCUT2D eigenvalue weighted by molar-refractivity contribution is 5.51. The van der Waals surface area contributed by atoms with Crippen molar-refractivity contribution in [1.29, 1.82) is 10.5 Å². The summed E-state index contributed by atoms with van der Waals surface area (Å²) in [7, 11) is 9.48. The van der Waals surface area contributed by atoms with E-state index in [1.165, 1.54) is 110 Å². The molecule has 1 aliphatic rings. The number of ether oxygens (including phenoxy) is 1. The summed E-state index contributed by atoms with van der Waals surface area (Å²) in [4.78, 5) is 12.7. The average Bonchev–Trinajstić information content (AvgIpc) is 0.861. The topological polar surface area (TPSA) is 125 Å². The predicted octanol–water partition coefficient (Wildman–Crippen LogP) is 25.8. The quantitative estimate of drug-likeness (QED) is 0.135. The van der Waals surface area contributed by atoms with Gasteiger partial charge in [-0.3, -0.25) is 4.98 Å². The highest BCUT2D eigenvalue weighted by atomic mass is 19.4. The summed E-state index contributed by atoms with van der Waals surface area (Å²) in [5.74, 6) is 1.66. The zero-order valence-electron chi connectivity index (χ0n) is 71.2. The van der Waals surface area contributed by atoms with Crippen molar-refractivity contribution >= 4 is 28.6 Å². The van der Waals surface area contributed by atoms with Gasteiger partial charge in [0.1, 0.15) is 23.3 Å². The van der Waals surface area contributed by atoms with Crippen LogP contribution in [0.15, 0.2) is 273 Å². The van der Waals surface area contributed by atoms with Gasteiger partial charge in [-0.1, -0.05) is 205 Å². The number of methoxy groups -OCH3 is 1. The lowest BCUT2D eigenvalue weighted by Crippen LogP contribution is -2.36. The van der Waals surface area contributed by atoms with Crippen molar-refractivity contribution in [2.75, 3.05) is 80.7 Å². The Balaban J connectivity index is 0.000000419. The number of rotatable bonds is 8. The van der Waals surface area contributed by atoms with Gasteiger partial charge < -0.3 is 30.5 Å². The number of nitrogens with one attached hydrogen (secondary N) is 3. The number of nitriles is 2. The van der Waals surface area contributed by atoms with Crippen molar-refractivity contribution in [3.8, 4) is 17.9 Å². The number of alkyl halides is 3. The molecule has 3 heterocycles. The molecule has 596 valence electrons. The van der Waals surface area contributed by atoms with E-state index in [1.807, 2.05) is 127 Å². The van der Waals surface area contributed by atoms with Crippen LogP contribution >= 0.6 is 0 Å². The number of aromatic nitrogens is 2. The fourth-order valence-corrected chi connectivity index (χ4v) is 10.5. The van der Waals surface area contributed by atoms with Crippen LogP contribution in [-0.4, -0.2) is 64.9 Å². The SMILES string of the molecule is CCNc1cccc(C)c1.CCc1cccc(C)c1.CNc1cc(C)cc(C#N)n1.CNc1cccc(C)c1.COc1cccc(C)c1.Cc1cc(C)nc(C)c1.Cc1cccc(C#N)c1.Cc1cccc(C(F)(F)F)c1.Cc1cccc(C)c1.Cc1cccc(N(C)C)c1.Cc1cccc(N2CCC2)c1.Cc1ccccc1. The van der Waals surface area contributed by atoms with E-state index in [-0.39, 0.29) is 0 Å². The lowest BCUT2D eigenvalue weighted by Gasteiger charge is -2.33. The van der Waals surface area contributed by atoms with E-state index in [0.29, 0.717) is 11.3 Å². The lowest BCUT2D eigenvalue weighted by molar-refractivity contribution is -0.137. The molecule has 0 spiro atoms. The minimum atomic E-state index is -4.22. The van der Waals surface area contributed by atoms with Gasteiger partial charge in [0.25, 0.3) is 0 Å². The van der Waals surface area contributed by atoms with Crippen LogP contribution in [-0.2, 0) is 12.6 Å². The second-order valence-corrected chi connectivity index (χ2v) is 27.7. The number of aryl methyl sites for hydroxylation is 16. The van der Waals surface area contributed by atoms with Gasteiger partial charge in [0, 0.05) is 82.0 Å². The molecule has 0 amide bonds. The molecule has 0 bridgehead atoms. The summed E-state index contributed by atoms with van der Waals surface area (Å²) in [5, 5.41) is 26.2. The van der Waals surface area contributed by atoms with Crippen LogP contribution in [0.4, 0.5) is 41.7 Å². The van der Waals surface area contributed by atoms with Crippen LogP contribution < -0.4 is 30.5 Å². The number of halogens is 3. The maximum absolute atomic E-state index is 12.0. The van der Waals surface area contributed by atoms with E-state index in [0.717, 1.165) is 64.7 Å². The van der Waals surface area contributed by atoms with Gasteiger partial charge in [-0.2, -0.15) is 23.7 Å². The van der Waals surface area contributed by atoms with Crippen molar-refractivity contribution in [3.63, 3.8) is 0 Å². The summed E-state index contributed by atoms with van der Waals surface area (Å²) in [6.07, 6.45) is -1.72. The Kier molecular flexibility index (Phi) is 47.7. The summed E-state index contributed by atoms with van der Waals surface area (Å²) in [5.41, 5.74) is 25.2. The minimum absolute atomic E-state index is 0.453. The monoisotopic (exact) mass is 1520 g/mol. The Labute approximate surface area is 677 Å². The summed E-state index contributed by atoms with van der Waals surface area (Å²) < 4.78 is 40.9. The molecule has 1 fully saturated rings. The molecular weight excluding hydrogens is 1400 g/mol. The van der Waals surface area contributed by atoms with Gasteiger partial charge in [-0.05, 0) is 277 Å². The molecule has 0 saturated carbocycles. The highest BCUT2D eigenvalue weighted by Crippen LogP contribution is 2.29. The Morgan fingerprint density at radius 3 is 1.22 bits per heavy atom. The number of nitrogens with zero attached hydrogens (tertiary/aromatic N) is 6. The molecule has 113 heavy (non-hydrogen) atoms. The number of benzene rings is 10. The van der Waals surface area contributed by atoms with E-state index in [9.17, 15) is 13.2 Å². The van der Waals surface area contributed by atoms with Crippen molar-refractivity contribution in [2.45, 2.75) is 137 Å². The minimum Gasteiger partial charge on any atom is -0.497 e. The fraction of sp³-hybridized carbons (Fsp3) is 0.280. The average molecular weight is 1530 g/mol. The van der Waals surface area contributed by atoms with Gasteiger partial charge >= 0.3 is 6.18 Å². The Bertz CT molecular complexity index is 4530. The second-order valence-electron chi connectivity index (χ2n) is 27.7. The van der Waals surface area contributed by atoms with Crippen LogP contribution in [0.2, 0.25) is 0 Å². The number of hydrogen-bond donors (Lipinski definition) is 3. The first-order valence-electron chi connectivity index (χ1n) is 38.2. The molecule has 12 aromatic rings. The smallest absolute Gasteiger partial charge is 0.416 e. The molecule has 1 aliphatic heterocycles. The molecule has 0 radical (unpaired) electrons. The summed E-state index contributed by atoms with van der Waals surface area (Å²) >= 11 is 0. The van der Waals surface area contributed by atoms with E-state index < -0.39 is 11.7 Å². The second kappa shape index (κ2) is 55.5. The molecule has 1 saturated heterocycles. The molecule has 10 nitrogen and oxygen atoms in total. The van der Waals surface area contributed by atoms with E-state index >= 15 is 0 Å². The van der Waals surface area contributed by atoms with Crippen molar-refractivity contribution in [1.82, 2.24) is 9.97 Å². The van der Waals surface area contributed by atoms with Gasteiger partial charge in [0.15, 0.2) is 0 Å². The molecule has 0 unspecified atom stereocenters. The van der Waals surface area contributed by atoms with Crippen molar-refractivity contribution < 1.29 is 17.9 Å². The normalized spacial score (nSPS) is 10.1.